The Hall–Kier alpha value is -3.27. The number of hydrogen-bond acceptors (Lipinski definition) is 4. The highest BCUT2D eigenvalue weighted by molar-refractivity contribution is 7.92. The molecule has 2 atom stereocenters. The predicted molar refractivity (Wildman–Crippen MR) is 105 cm³/mol. The SMILES string of the molecule is O=C(O)[C@H]1CC=CC[C@H]1C(=O)Nc1ccc(NS(=O)(=O)c2ccc(F)c(F)c2)cc1. The molecule has 0 radical (unpaired) electrons. The number of carbonyl (C=O) groups is 2. The molecule has 30 heavy (non-hydrogen) atoms. The van der Waals surface area contributed by atoms with Gasteiger partial charge in [0.05, 0.1) is 16.7 Å². The second-order valence-corrected chi connectivity index (χ2v) is 8.42. The van der Waals surface area contributed by atoms with Gasteiger partial charge in [-0.25, -0.2) is 17.2 Å². The number of hydrogen-bond donors (Lipinski definition) is 3. The van der Waals surface area contributed by atoms with Crippen LogP contribution in [0.4, 0.5) is 20.2 Å². The quantitative estimate of drug-likeness (QED) is 0.601. The van der Waals surface area contributed by atoms with E-state index in [-0.39, 0.29) is 12.1 Å². The largest absolute Gasteiger partial charge is 0.481 e. The highest BCUT2D eigenvalue weighted by atomic mass is 32.2. The van der Waals surface area contributed by atoms with Crippen molar-refractivity contribution in [3.63, 3.8) is 0 Å². The molecule has 1 amide bonds. The molecule has 7 nitrogen and oxygen atoms in total. The Morgan fingerprint density at radius 1 is 0.900 bits per heavy atom. The molecule has 1 aliphatic rings. The Labute approximate surface area is 171 Å². The van der Waals surface area contributed by atoms with E-state index in [1.807, 2.05) is 0 Å². The molecule has 1 aliphatic carbocycles. The van der Waals surface area contributed by atoms with E-state index in [4.69, 9.17) is 0 Å². The molecule has 10 heteroatoms. The van der Waals surface area contributed by atoms with Gasteiger partial charge in [0.25, 0.3) is 10.0 Å². The van der Waals surface area contributed by atoms with Crippen molar-refractivity contribution in [2.45, 2.75) is 17.7 Å². The van der Waals surface area contributed by atoms with Gasteiger partial charge in [-0.15, -0.1) is 0 Å². The number of anilines is 2. The maximum Gasteiger partial charge on any atom is 0.307 e. The van der Waals surface area contributed by atoms with Gasteiger partial charge >= 0.3 is 5.97 Å². The monoisotopic (exact) mass is 436 g/mol. The smallest absolute Gasteiger partial charge is 0.307 e. The Kier molecular flexibility index (Phi) is 6.16. The molecule has 0 bridgehead atoms. The summed E-state index contributed by atoms with van der Waals surface area (Å²) in [6, 6.07) is 7.86. The summed E-state index contributed by atoms with van der Waals surface area (Å²) in [5.41, 5.74) is 0.496. The average Bonchev–Trinajstić information content (AvgIpc) is 2.71. The Morgan fingerprint density at radius 2 is 1.50 bits per heavy atom. The molecule has 0 saturated heterocycles. The van der Waals surface area contributed by atoms with Crippen molar-refractivity contribution in [2.24, 2.45) is 11.8 Å². The van der Waals surface area contributed by atoms with Crippen LogP contribution in [-0.2, 0) is 19.6 Å². The molecule has 0 fully saturated rings. The highest BCUT2D eigenvalue weighted by Gasteiger charge is 2.33. The lowest BCUT2D eigenvalue weighted by atomic mass is 9.82. The first kappa shape index (κ1) is 21.4. The lowest BCUT2D eigenvalue weighted by Gasteiger charge is -2.24. The number of aliphatic carboxylic acids is 1. The number of allylic oxidation sites excluding steroid dienone is 2. The molecule has 0 saturated carbocycles. The van der Waals surface area contributed by atoms with Crippen LogP contribution < -0.4 is 10.0 Å². The van der Waals surface area contributed by atoms with E-state index >= 15 is 0 Å². The topological polar surface area (TPSA) is 113 Å². The third-order valence-electron chi connectivity index (χ3n) is 4.69. The van der Waals surface area contributed by atoms with Crippen LogP contribution in [0.1, 0.15) is 12.8 Å². The van der Waals surface area contributed by atoms with Crippen LogP contribution >= 0.6 is 0 Å². The van der Waals surface area contributed by atoms with Gasteiger partial charge in [0.15, 0.2) is 11.6 Å². The second kappa shape index (κ2) is 8.62. The number of nitrogens with one attached hydrogen (secondary N) is 2. The van der Waals surface area contributed by atoms with Crippen LogP contribution in [0.25, 0.3) is 0 Å². The van der Waals surface area contributed by atoms with Gasteiger partial charge in [0.2, 0.25) is 5.91 Å². The molecule has 0 spiro atoms. The zero-order chi connectivity index (χ0) is 21.9. The van der Waals surface area contributed by atoms with Crippen LogP contribution in [0.3, 0.4) is 0 Å². The Balaban J connectivity index is 1.69. The number of carboxylic acids is 1. The van der Waals surface area contributed by atoms with Crippen molar-refractivity contribution in [1.82, 2.24) is 0 Å². The molecule has 2 aromatic carbocycles. The molecular weight excluding hydrogens is 418 g/mol. The molecule has 0 aliphatic heterocycles. The van der Waals surface area contributed by atoms with E-state index in [9.17, 15) is 31.9 Å². The van der Waals surface area contributed by atoms with Crippen molar-refractivity contribution in [3.8, 4) is 0 Å². The van der Waals surface area contributed by atoms with Gasteiger partial charge in [-0.3, -0.25) is 14.3 Å². The first-order chi connectivity index (χ1) is 14.2. The van der Waals surface area contributed by atoms with Crippen molar-refractivity contribution in [2.75, 3.05) is 10.0 Å². The average molecular weight is 436 g/mol. The second-order valence-electron chi connectivity index (χ2n) is 6.74. The van der Waals surface area contributed by atoms with Crippen molar-refractivity contribution in [1.29, 1.82) is 0 Å². The third-order valence-corrected chi connectivity index (χ3v) is 6.07. The molecule has 158 valence electrons. The van der Waals surface area contributed by atoms with Gasteiger partial charge in [-0.1, -0.05) is 12.2 Å². The number of amides is 1. The fourth-order valence-corrected chi connectivity index (χ4v) is 4.16. The standard InChI is InChI=1S/C20H18F2N2O5S/c21-17-10-9-14(11-18(17)22)30(28,29)24-13-7-5-12(6-8-13)23-19(25)15-3-1-2-4-16(15)20(26)27/h1-2,5-11,15-16,24H,3-4H2,(H,23,25)(H,26,27)/t15-,16+/m1/s1. The summed E-state index contributed by atoms with van der Waals surface area (Å²) in [6.45, 7) is 0. The van der Waals surface area contributed by atoms with E-state index in [0.717, 1.165) is 6.07 Å². The highest BCUT2D eigenvalue weighted by Crippen LogP contribution is 2.27. The summed E-state index contributed by atoms with van der Waals surface area (Å²) in [5.74, 6) is -5.44. The normalized spacial score (nSPS) is 18.6. The van der Waals surface area contributed by atoms with Gasteiger partial charge in [0, 0.05) is 11.4 Å². The molecule has 3 rings (SSSR count). The minimum absolute atomic E-state index is 0.141. The summed E-state index contributed by atoms with van der Waals surface area (Å²) in [7, 11) is -4.14. The van der Waals surface area contributed by atoms with Gasteiger partial charge in [-0.2, -0.15) is 0 Å². The number of benzene rings is 2. The Bertz CT molecular complexity index is 1100. The van der Waals surface area contributed by atoms with Crippen LogP contribution in [0, 0.1) is 23.5 Å². The summed E-state index contributed by atoms with van der Waals surface area (Å²) in [5, 5.41) is 11.9. The maximum atomic E-state index is 13.3. The van der Waals surface area contributed by atoms with Crippen LogP contribution in [0.5, 0.6) is 0 Å². The molecule has 0 aromatic heterocycles. The fraction of sp³-hybridized carbons (Fsp3) is 0.200. The maximum absolute atomic E-state index is 13.3. The van der Waals surface area contributed by atoms with E-state index < -0.39 is 50.3 Å². The van der Waals surface area contributed by atoms with E-state index in [0.29, 0.717) is 24.2 Å². The number of rotatable bonds is 6. The predicted octanol–water partition coefficient (Wildman–Crippen LogP) is 3.37. The summed E-state index contributed by atoms with van der Waals surface area (Å²) in [4.78, 5) is 23.3. The minimum atomic E-state index is -4.14. The fourth-order valence-electron chi connectivity index (χ4n) is 3.09. The molecule has 0 heterocycles. The van der Waals surface area contributed by atoms with Crippen LogP contribution in [0.15, 0.2) is 59.5 Å². The molecule has 2 aromatic rings. The van der Waals surface area contributed by atoms with E-state index in [2.05, 4.69) is 10.0 Å². The Morgan fingerprint density at radius 3 is 2.10 bits per heavy atom. The number of carboxylic acid groups (broad SMARTS) is 1. The third kappa shape index (κ3) is 4.82. The van der Waals surface area contributed by atoms with Gasteiger partial charge in [0.1, 0.15) is 0 Å². The number of halogens is 2. The zero-order valence-corrected chi connectivity index (χ0v) is 16.3. The van der Waals surface area contributed by atoms with Crippen molar-refractivity contribution < 1.29 is 31.9 Å². The first-order valence-corrected chi connectivity index (χ1v) is 10.4. The minimum Gasteiger partial charge on any atom is -0.481 e. The molecular formula is C20H18F2N2O5S. The summed E-state index contributed by atoms with van der Waals surface area (Å²) < 4.78 is 53.1. The number of sulfonamides is 1. The van der Waals surface area contributed by atoms with Crippen molar-refractivity contribution in [3.05, 3.63) is 66.3 Å². The van der Waals surface area contributed by atoms with Gasteiger partial charge in [-0.05, 0) is 55.3 Å². The molecule has 3 N–H and O–H groups in total. The van der Waals surface area contributed by atoms with E-state index in [1.165, 1.54) is 24.3 Å². The summed E-state index contributed by atoms with van der Waals surface area (Å²) in [6.07, 6.45) is 4.09. The van der Waals surface area contributed by atoms with Gasteiger partial charge < -0.3 is 10.4 Å². The summed E-state index contributed by atoms with van der Waals surface area (Å²) >= 11 is 0. The van der Waals surface area contributed by atoms with Crippen LogP contribution in [-0.4, -0.2) is 25.4 Å². The lowest BCUT2D eigenvalue weighted by molar-refractivity contribution is -0.146. The van der Waals surface area contributed by atoms with Crippen molar-refractivity contribution >= 4 is 33.3 Å². The van der Waals surface area contributed by atoms with E-state index in [1.54, 1.807) is 12.2 Å². The zero-order valence-electron chi connectivity index (χ0n) is 15.5. The first-order valence-electron chi connectivity index (χ1n) is 8.94. The molecule has 0 unspecified atom stereocenters. The van der Waals surface area contributed by atoms with Crippen LogP contribution in [0.2, 0.25) is 0 Å². The number of carbonyl (C=O) groups excluding carboxylic acids is 1. The lowest BCUT2D eigenvalue weighted by Crippen LogP contribution is -2.34.